The highest BCUT2D eigenvalue weighted by Crippen LogP contribution is 2.29. The molecule has 0 bridgehead atoms. The summed E-state index contributed by atoms with van der Waals surface area (Å²) in [5, 5.41) is 0. The fraction of sp³-hybridized carbons (Fsp3) is 0.190. The van der Waals surface area contributed by atoms with Gasteiger partial charge in [-0.25, -0.2) is 0 Å². The van der Waals surface area contributed by atoms with Crippen molar-refractivity contribution < 1.29 is 0 Å². The first-order chi connectivity index (χ1) is 10.7. The largest absolute Gasteiger partial charge is 0.256 e. The third-order valence-electron chi connectivity index (χ3n) is 4.21. The van der Waals surface area contributed by atoms with Crippen LogP contribution in [0.2, 0.25) is 0 Å². The molecule has 0 fully saturated rings. The van der Waals surface area contributed by atoms with Crippen LogP contribution in [-0.4, -0.2) is 4.98 Å². The molecule has 0 amide bonds. The molecule has 0 unspecified atom stereocenters. The second-order valence-corrected chi connectivity index (χ2v) is 5.75. The number of hydrogen-bond donors (Lipinski definition) is 0. The molecule has 0 radical (unpaired) electrons. The first-order valence-corrected chi connectivity index (χ1v) is 7.81. The average Bonchev–Trinajstić information content (AvgIpc) is 2.57. The minimum absolute atomic E-state index is 1.04. The zero-order chi connectivity index (χ0) is 15.5. The Kier molecular flexibility index (Phi) is 4.06. The predicted molar refractivity (Wildman–Crippen MR) is 94.0 cm³/mol. The van der Waals surface area contributed by atoms with E-state index in [4.69, 9.17) is 0 Å². The number of nitrogens with zero attached hydrogens (tertiary/aromatic N) is 1. The van der Waals surface area contributed by atoms with Crippen LogP contribution >= 0.6 is 0 Å². The van der Waals surface area contributed by atoms with Crippen LogP contribution in [0.3, 0.4) is 0 Å². The molecule has 1 heterocycles. The van der Waals surface area contributed by atoms with Crippen LogP contribution in [0, 0.1) is 13.8 Å². The van der Waals surface area contributed by atoms with Gasteiger partial charge in [0.2, 0.25) is 0 Å². The summed E-state index contributed by atoms with van der Waals surface area (Å²) < 4.78 is 0. The maximum Gasteiger partial charge on any atom is 0.0705 e. The quantitative estimate of drug-likeness (QED) is 0.611. The van der Waals surface area contributed by atoms with Gasteiger partial charge in [-0.15, -0.1) is 0 Å². The van der Waals surface area contributed by atoms with Gasteiger partial charge in [-0.2, -0.15) is 0 Å². The summed E-state index contributed by atoms with van der Waals surface area (Å²) in [6, 6.07) is 19.4. The molecule has 0 saturated heterocycles. The number of aromatic nitrogens is 1. The molecular formula is C21H21N. The van der Waals surface area contributed by atoms with Gasteiger partial charge in [-0.3, -0.25) is 4.98 Å². The van der Waals surface area contributed by atoms with Crippen LogP contribution in [0.25, 0.3) is 22.4 Å². The third-order valence-corrected chi connectivity index (χ3v) is 4.21. The second kappa shape index (κ2) is 6.15. The van der Waals surface area contributed by atoms with Crippen molar-refractivity contribution in [2.45, 2.75) is 27.2 Å². The lowest BCUT2D eigenvalue weighted by molar-refractivity contribution is 1.08. The lowest BCUT2D eigenvalue weighted by Gasteiger charge is -2.11. The predicted octanol–water partition coefficient (Wildman–Crippen LogP) is 5.59. The van der Waals surface area contributed by atoms with E-state index in [2.05, 4.69) is 80.4 Å². The first-order valence-electron chi connectivity index (χ1n) is 7.81. The Balaban J connectivity index is 2.10. The van der Waals surface area contributed by atoms with Crippen LogP contribution in [0.5, 0.6) is 0 Å². The number of rotatable bonds is 3. The van der Waals surface area contributed by atoms with Crippen molar-refractivity contribution in [3.63, 3.8) is 0 Å². The normalized spacial score (nSPS) is 10.7. The summed E-state index contributed by atoms with van der Waals surface area (Å²) in [5.74, 6) is 0. The Morgan fingerprint density at radius 2 is 1.59 bits per heavy atom. The summed E-state index contributed by atoms with van der Waals surface area (Å²) in [5.41, 5.74) is 8.69. The van der Waals surface area contributed by atoms with E-state index in [0.29, 0.717) is 0 Å². The fourth-order valence-electron chi connectivity index (χ4n) is 2.81. The van der Waals surface area contributed by atoms with Crippen LogP contribution in [-0.2, 0) is 6.42 Å². The summed E-state index contributed by atoms with van der Waals surface area (Å²) in [4.78, 5) is 4.62. The van der Waals surface area contributed by atoms with Crippen LogP contribution in [0.1, 0.15) is 23.6 Å². The molecule has 1 aromatic heterocycles. The van der Waals surface area contributed by atoms with E-state index in [1.165, 1.54) is 33.4 Å². The molecule has 0 spiro atoms. The zero-order valence-electron chi connectivity index (χ0n) is 13.4. The van der Waals surface area contributed by atoms with Crippen LogP contribution in [0.4, 0.5) is 0 Å². The highest BCUT2D eigenvalue weighted by molar-refractivity contribution is 5.74. The van der Waals surface area contributed by atoms with Gasteiger partial charge in [0.25, 0.3) is 0 Å². The smallest absolute Gasteiger partial charge is 0.0705 e. The van der Waals surface area contributed by atoms with Crippen molar-refractivity contribution in [3.8, 4) is 22.4 Å². The summed E-state index contributed by atoms with van der Waals surface area (Å²) in [7, 11) is 0. The Bertz CT molecular complexity index is 788. The van der Waals surface area contributed by atoms with Gasteiger partial charge >= 0.3 is 0 Å². The molecular weight excluding hydrogens is 266 g/mol. The Morgan fingerprint density at radius 1 is 0.818 bits per heavy atom. The van der Waals surface area contributed by atoms with Crippen LogP contribution in [0.15, 0.2) is 60.8 Å². The van der Waals surface area contributed by atoms with Gasteiger partial charge in [0.1, 0.15) is 0 Å². The van der Waals surface area contributed by atoms with Gasteiger partial charge in [0.05, 0.1) is 5.69 Å². The molecule has 0 aliphatic heterocycles. The SMILES string of the molecule is CCc1cc(-c2ccc(C)c(-c3ccccc3)c2)ncc1C. The Labute approximate surface area is 132 Å². The highest BCUT2D eigenvalue weighted by Gasteiger charge is 2.07. The van der Waals surface area contributed by atoms with Gasteiger partial charge in [0, 0.05) is 11.8 Å². The lowest BCUT2D eigenvalue weighted by atomic mass is 9.96. The van der Waals surface area contributed by atoms with Crippen molar-refractivity contribution in [2.75, 3.05) is 0 Å². The zero-order valence-corrected chi connectivity index (χ0v) is 13.4. The maximum atomic E-state index is 4.62. The number of aryl methyl sites for hydroxylation is 3. The minimum atomic E-state index is 1.04. The molecule has 0 N–H and O–H groups in total. The van der Waals surface area contributed by atoms with Crippen LogP contribution < -0.4 is 0 Å². The monoisotopic (exact) mass is 287 g/mol. The van der Waals surface area contributed by atoms with Crippen molar-refractivity contribution in [1.29, 1.82) is 0 Å². The summed E-state index contributed by atoms with van der Waals surface area (Å²) >= 11 is 0. The lowest BCUT2D eigenvalue weighted by Crippen LogP contribution is -1.92. The second-order valence-electron chi connectivity index (χ2n) is 5.75. The van der Waals surface area contributed by atoms with Gasteiger partial charge in [-0.05, 0) is 60.2 Å². The van der Waals surface area contributed by atoms with Gasteiger partial charge in [-0.1, -0.05) is 49.4 Å². The van der Waals surface area contributed by atoms with E-state index in [9.17, 15) is 0 Å². The van der Waals surface area contributed by atoms with Crippen molar-refractivity contribution in [1.82, 2.24) is 4.98 Å². The first kappa shape index (κ1) is 14.5. The standard InChI is InChI=1S/C21H21N/c1-4-17-13-21(22-14-16(17)3)19-11-10-15(2)20(12-19)18-8-6-5-7-9-18/h5-14H,4H2,1-3H3. The molecule has 22 heavy (non-hydrogen) atoms. The molecule has 1 nitrogen and oxygen atoms in total. The fourth-order valence-corrected chi connectivity index (χ4v) is 2.81. The molecule has 0 aliphatic rings. The van der Waals surface area contributed by atoms with Crippen molar-refractivity contribution >= 4 is 0 Å². The number of pyridine rings is 1. The van der Waals surface area contributed by atoms with Crippen molar-refractivity contribution in [3.05, 3.63) is 77.5 Å². The van der Waals surface area contributed by atoms with E-state index >= 15 is 0 Å². The molecule has 110 valence electrons. The summed E-state index contributed by atoms with van der Waals surface area (Å²) in [6.07, 6.45) is 3.02. The van der Waals surface area contributed by atoms with Gasteiger partial charge in [0.15, 0.2) is 0 Å². The van der Waals surface area contributed by atoms with E-state index in [0.717, 1.165) is 12.1 Å². The Morgan fingerprint density at radius 3 is 2.32 bits per heavy atom. The van der Waals surface area contributed by atoms with E-state index in [-0.39, 0.29) is 0 Å². The highest BCUT2D eigenvalue weighted by atomic mass is 14.7. The van der Waals surface area contributed by atoms with E-state index in [1.54, 1.807) is 0 Å². The summed E-state index contributed by atoms with van der Waals surface area (Å²) in [6.45, 7) is 6.48. The van der Waals surface area contributed by atoms with Crippen molar-refractivity contribution in [2.24, 2.45) is 0 Å². The molecule has 3 aromatic rings. The number of benzene rings is 2. The molecule has 0 saturated carbocycles. The Hall–Kier alpha value is -2.41. The molecule has 2 aromatic carbocycles. The number of hydrogen-bond acceptors (Lipinski definition) is 1. The molecule has 0 atom stereocenters. The molecule has 0 aliphatic carbocycles. The third kappa shape index (κ3) is 2.80. The average molecular weight is 287 g/mol. The molecule has 1 heteroatoms. The maximum absolute atomic E-state index is 4.62. The topological polar surface area (TPSA) is 12.9 Å². The minimum Gasteiger partial charge on any atom is -0.256 e. The van der Waals surface area contributed by atoms with E-state index in [1.807, 2.05) is 6.20 Å². The molecule has 3 rings (SSSR count). The van der Waals surface area contributed by atoms with E-state index < -0.39 is 0 Å². The van der Waals surface area contributed by atoms with Gasteiger partial charge < -0.3 is 0 Å².